The van der Waals surface area contributed by atoms with Crippen molar-refractivity contribution in [3.63, 3.8) is 0 Å². The van der Waals surface area contributed by atoms with Gasteiger partial charge in [-0.2, -0.15) is 0 Å². The molecule has 0 saturated heterocycles. The molecule has 0 aromatic heterocycles. The van der Waals surface area contributed by atoms with Gasteiger partial charge in [0.25, 0.3) is 0 Å². The fourth-order valence-corrected chi connectivity index (χ4v) is 1.89. The molecule has 0 heterocycles. The van der Waals surface area contributed by atoms with Gasteiger partial charge in [-0.15, -0.1) is 12.6 Å². The van der Waals surface area contributed by atoms with Crippen LogP contribution in [-0.4, -0.2) is 13.1 Å². The van der Waals surface area contributed by atoms with Gasteiger partial charge in [0.2, 0.25) is 0 Å². The Bertz CT molecular complexity index is 440. The predicted octanol–water partition coefficient (Wildman–Crippen LogP) is 4.49. The first-order valence-corrected chi connectivity index (χ1v) is 6.61. The number of halogens is 2. The highest BCUT2D eigenvalue weighted by atomic mass is 32.1. The predicted molar refractivity (Wildman–Crippen MR) is 77.2 cm³/mol. The molecule has 18 heavy (non-hydrogen) atoms. The van der Waals surface area contributed by atoms with E-state index in [1.807, 2.05) is 20.8 Å². The highest BCUT2D eigenvalue weighted by Crippen LogP contribution is 2.25. The van der Waals surface area contributed by atoms with Gasteiger partial charge in [0, 0.05) is 24.7 Å². The van der Waals surface area contributed by atoms with Crippen molar-refractivity contribution in [2.45, 2.75) is 27.2 Å². The van der Waals surface area contributed by atoms with Crippen molar-refractivity contribution in [2.24, 2.45) is 0 Å². The Morgan fingerprint density at radius 1 is 1.17 bits per heavy atom. The summed E-state index contributed by atoms with van der Waals surface area (Å²) in [6.07, 6.45) is 2.26. The van der Waals surface area contributed by atoms with Crippen LogP contribution in [0.2, 0.25) is 0 Å². The second-order valence-corrected chi connectivity index (χ2v) is 4.56. The minimum Gasteiger partial charge on any atom is -0.370 e. The molecule has 0 amide bonds. The summed E-state index contributed by atoms with van der Waals surface area (Å²) in [7, 11) is 0. The van der Waals surface area contributed by atoms with E-state index in [1.165, 1.54) is 12.1 Å². The second-order valence-electron chi connectivity index (χ2n) is 3.99. The van der Waals surface area contributed by atoms with Crippen molar-refractivity contribution in [3.8, 4) is 0 Å². The van der Waals surface area contributed by atoms with Crippen LogP contribution in [0.3, 0.4) is 0 Å². The van der Waals surface area contributed by atoms with E-state index in [1.54, 1.807) is 11.0 Å². The maximum Gasteiger partial charge on any atom is 0.147 e. The number of anilines is 1. The standard InChI is InChI=1S/C14H19F2NS/c1-4-11(18)7-10-8-13(16)14(9-12(10)15)17(5-2)6-3/h7-9,18H,4-6H2,1-3H3/b11-7+. The summed E-state index contributed by atoms with van der Waals surface area (Å²) < 4.78 is 27.8. The number of allylic oxidation sites excluding steroid dienone is 1. The lowest BCUT2D eigenvalue weighted by molar-refractivity contribution is 0.592. The van der Waals surface area contributed by atoms with Crippen LogP contribution in [-0.2, 0) is 0 Å². The highest BCUT2D eigenvalue weighted by molar-refractivity contribution is 7.84. The molecule has 0 saturated carbocycles. The summed E-state index contributed by atoms with van der Waals surface area (Å²) >= 11 is 4.19. The van der Waals surface area contributed by atoms with Gasteiger partial charge in [-0.25, -0.2) is 8.78 Å². The number of hydrogen-bond acceptors (Lipinski definition) is 2. The molecule has 0 spiro atoms. The van der Waals surface area contributed by atoms with E-state index in [9.17, 15) is 8.78 Å². The summed E-state index contributed by atoms with van der Waals surface area (Å²) in [6.45, 7) is 7.04. The molecular formula is C14H19F2NS. The zero-order chi connectivity index (χ0) is 13.7. The normalized spacial score (nSPS) is 11.8. The number of rotatable bonds is 5. The van der Waals surface area contributed by atoms with E-state index in [4.69, 9.17) is 0 Å². The minimum absolute atomic E-state index is 0.246. The molecule has 0 aliphatic carbocycles. The first kappa shape index (κ1) is 15.0. The smallest absolute Gasteiger partial charge is 0.147 e. The molecule has 1 aromatic rings. The van der Waals surface area contributed by atoms with Crippen LogP contribution in [0.4, 0.5) is 14.5 Å². The fourth-order valence-electron chi connectivity index (χ4n) is 1.75. The number of thiol groups is 1. The third-order valence-corrected chi connectivity index (χ3v) is 3.30. The highest BCUT2D eigenvalue weighted by Gasteiger charge is 2.12. The van der Waals surface area contributed by atoms with Crippen molar-refractivity contribution in [2.75, 3.05) is 18.0 Å². The third-order valence-electron chi connectivity index (χ3n) is 2.85. The van der Waals surface area contributed by atoms with E-state index in [-0.39, 0.29) is 5.56 Å². The Labute approximate surface area is 113 Å². The number of hydrogen-bond donors (Lipinski definition) is 1. The minimum atomic E-state index is -0.418. The number of benzene rings is 1. The average Bonchev–Trinajstić information content (AvgIpc) is 2.36. The molecule has 0 bridgehead atoms. The van der Waals surface area contributed by atoms with Crippen molar-refractivity contribution >= 4 is 24.4 Å². The van der Waals surface area contributed by atoms with E-state index in [2.05, 4.69) is 12.6 Å². The average molecular weight is 271 g/mol. The Balaban J connectivity index is 3.19. The SMILES string of the molecule is CC/C(S)=C\c1cc(F)c(N(CC)CC)cc1F. The van der Waals surface area contributed by atoms with Gasteiger partial charge >= 0.3 is 0 Å². The lowest BCUT2D eigenvalue weighted by Crippen LogP contribution is -2.23. The van der Waals surface area contributed by atoms with Crippen LogP contribution >= 0.6 is 12.6 Å². The van der Waals surface area contributed by atoms with E-state index in [0.717, 1.165) is 4.91 Å². The van der Waals surface area contributed by atoms with Crippen molar-refractivity contribution in [1.82, 2.24) is 0 Å². The molecular weight excluding hydrogens is 252 g/mol. The van der Waals surface area contributed by atoms with Gasteiger partial charge < -0.3 is 4.90 Å². The summed E-state index contributed by atoms with van der Waals surface area (Å²) in [5.41, 5.74) is 0.558. The Kier molecular flexibility index (Phi) is 5.66. The molecule has 100 valence electrons. The first-order valence-electron chi connectivity index (χ1n) is 6.16. The molecule has 0 atom stereocenters. The number of nitrogens with zero attached hydrogens (tertiary/aromatic N) is 1. The molecule has 1 rings (SSSR count). The van der Waals surface area contributed by atoms with E-state index in [0.29, 0.717) is 25.2 Å². The van der Waals surface area contributed by atoms with Crippen molar-refractivity contribution in [1.29, 1.82) is 0 Å². The van der Waals surface area contributed by atoms with Gasteiger partial charge in [-0.1, -0.05) is 6.92 Å². The lowest BCUT2D eigenvalue weighted by atomic mass is 10.1. The molecule has 0 N–H and O–H groups in total. The monoisotopic (exact) mass is 271 g/mol. The summed E-state index contributed by atoms with van der Waals surface area (Å²) in [5.74, 6) is -0.818. The second kappa shape index (κ2) is 6.78. The van der Waals surface area contributed by atoms with Gasteiger partial charge in [0.05, 0.1) is 5.69 Å². The van der Waals surface area contributed by atoms with Gasteiger partial charge in [0.15, 0.2) is 0 Å². The zero-order valence-electron chi connectivity index (χ0n) is 11.0. The Morgan fingerprint density at radius 3 is 2.28 bits per heavy atom. The van der Waals surface area contributed by atoms with Crippen LogP contribution in [0.15, 0.2) is 17.0 Å². The Morgan fingerprint density at radius 2 is 1.78 bits per heavy atom. The van der Waals surface area contributed by atoms with Gasteiger partial charge in [0.1, 0.15) is 11.6 Å². The lowest BCUT2D eigenvalue weighted by Gasteiger charge is -2.22. The third kappa shape index (κ3) is 3.48. The van der Waals surface area contributed by atoms with Crippen molar-refractivity contribution in [3.05, 3.63) is 34.2 Å². The molecule has 0 aliphatic heterocycles. The largest absolute Gasteiger partial charge is 0.370 e. The van der Waals surface area contributed by atoms with Gasteiger partial charge in [-0.05, 0) is 37.3 Å². The summed E-state index contributed by atoms with van der Waals surface area (Å²) in [5, 5.41) is 0. The molecule has 1 aromatic carbocycles. The quantitative estimate of drug-likeness (QED) is 0.772. The molecule has 4 heteroatoms. The maximum absolute atomic E-state index is 13.9. The van der Waals surface area contributed by atoms with E-state index < -0.39 is 11.6 Å². The Hall–Kier alpha value is -1.03. The van der Waals surface area contributed by atoms with Crippen molar-refractivity contribution < 1.29 is 8.78 Å². The fraction of sp³-hybridized carbons (Fsp3) is 0.429. The maximum atomic E-state index is 13.9. The summed E-state index contributed by atoms with van der Waals surface area (Å²) in [4.78, 5) is 2.51. The molecule has 0 radical (unpaired) electrons. The van der Waals surface area contributed by atoms with Crippen LogP contribution in [0.1, 0.15) is 32.8 Å². The first-order chi connectivity index (χ1) is 8.53. The summed E-state index contributed by atoms with van der Waals surface area (Å²) in [6, 6.07) is 2.49. The van der Waals surface area contributed by atoms with Crippen LogP contribution in [0.25, 0.3) is 6.08 Å². The molecule has 0 fully saturated rings. The van der Waals surface area contributed by atoms with Gasteiger partial charge in [-0.3, -0.25) is 0 Å². The van der Waals surface area contributed by atoms with Crippen LogP contribution < -0.4 is 4.90 Å². The van der Waals surface area contributed by atoms with E-state index >= 15 is 0 Å². The molecule has 1 nitrogen and oxygen atoms in total. The molecule has 0 aliphatic rings. The van der Waals surface area contributed by atoms with Crippen LogP contribution in [0.5, 0.6) is 0 Å². The van der Waals surface area contributed by atoms with Crippen LogP contribution in [0, 0.1) is 11.6 Å². The topological polar surface area (TPSA) is 3.24 Å². The zero-order valence-corrected chi connectivity index (χ0v) is 11.9. The molecule has 0 unspecified atom stereocenters.